The third-order valence-electron chi connectivity index (χ3n) is 5.64. The third-order valence-corrected chi connectivity index (χ3v) is 5.64. The second-order valence-corrected chi connectivity index (χ2v) is 7.76. The molecule has 1 N–H and O–H groups in total. The second-order valence-electron chi connectivity index (χ2n) is 7.76. The van der Waals surface area contributed by atoms with Crippen molar-refractivity contribution in [2.45, 2.75) is 46.1 Å². The maximum atomic E-state index is 13.1. The summed E-state index contributed by atoms with van der Waals surface area (Å²) in [6.45, 7) is 6.42. The number of carbonyl (C=O) groups is 2. The fourth-order valence-electron chi connectivity index (χ4n) is 4.01. The van der Waals surface area contributed by atoms with Gasteiger partial charge in [-0.15, -0.1) is 0 Å². The minimum atomic E-state index is -0.652. The number of methoxy groups -OCH3 is 1. The highest BCUT2D eigenvalue weighted by Gasteiger charge is 2.46. The average Bonchev–Trinajstić information content (AvgIpc) is 2.98. The van der Waals surface area contributed by atoms with E-state index in [1.54, 1.807) is 17.0 Å². The smallest absolute Gasteiger partial charge is 0.295 e. The molecule has 1 saturated heterocycles. The summed E-state index contributed by atoms with van der Waals surface area (Å²) in [4.78, 5) is 27.7. The maximum absolute atomic E-state index is 13.1. The van der Waals surface area contributed by atoms with Gasteiger partial charge in [-0.05, 0) is 43.5 Å². The van der Waals surface area contributed by atoms with Crippen molar-refractivity contribution in [3.8, 4) is 5.75 Å². The first-order valence-electron chi connectivity index (χ1n) is 10.4. The number of unbranched alkanes of at least 4 members (excludes halogenated alkanes) is 2. The zero-order chi connectivity index (χ0) is 21.8. The molecule has 3 rings (SSSR count). The zero-order valence-electron chi connectivity index (χ0n) is 18.1. The van der Waals surface area contributed by atoms with Crippen LogP contribution in [0.1, 0.15) is 54.5 Å². The Hall–Kier alpha value is -3.08. The predicted molar refractivity (Wildman–Crippen MR) is 117 cm³/mol. The summed E-state index contributed by atoms with van der Waals surface area (Å²) < 4.78 is 5.41. The van der Waals surface area contributed by atoms with E-state index < -0.39 is 17.7 Å². The molecule has 0 aliphatic carbocycles. The molecule has 1 aliphatic heterocycles. The van der Waals surface area contributed by atoms with E-state index in [1.165, 1.54) is 7.11 Å². The standard InChI is InChI=1S/C25H29NO4/c1-5-6-9-14-26-22(18-11-8-7-10-17(18)3)21(24(28)25(26)29)23(27)19-15-16(2)12-13-20(19)30-4/h7-8,10-13,15,22,27H,5-6,9,14H2,1-4H3/b23-21+. The number of ketones is 1. The van der Waals surface area contributed by atoms with Crippen LogP contribution in [0.3, 0.4) is 0 Å². The summed E-state index contributed by atoms with van der Waals surface area (Å²) in [7, 11) is 1.52. The quantitative estimate of drug-likeness (QED) is 0.306. The predicted octanol–water partition coefficient (Wildman–Crippen LogP) is 4.92. The molecule has 0 radical (unpaired) electrons. The average molecular weight is 408 g/mol. The van der Waals surface area contributed by atoms with Gasteiger partial charge in [0.15, 0.2) is 0 Å². The van der Waals surface area contributed by atoms with Gasteiger partial charge in [-0.1, -0.05) is 55.7 Å². The Balaban J connectivity index is 2.21. The highest BCUT2D eigenvalue weighted by Crippen LogP contribution is 2.42. The summed E-state index contributed by atoms with van der Waals surface area (Å²) in [5.41, 5.74) is 3.27. The lowest BCUT2D eigenvalue weighted by Crippen LogP contribution is -2.31. The van der Waals surface area contributed by atoms with Gasteiger partial charge < -0.3 is 14.7 Å². The van der Waals surface area contributed by atoms with E-state index in [1.807, 2.05) is 44.2 Å². The van der Waals surface area contributed by atoms with E-state index in [2.05, 4.69) is 6.92 Å². The van der Waals surface area contributed by atoms with Crippen molar-refractivity contribution in [1.29, 1.82) is 0 Å². The van der Waals surface area contributed by atoms with Crippen LogP contribution < -0.4 is 4.74 Å². The van der Waals surface area contributed by atoms with E-state index in [9.17, 15) is 14.7 Å². The SMILES string of the molecule is CCCCCN1C(=O)C(=O)/C(=C(/O)c2cc(C)ccc2OC)C1c1ccccc1C. The molecule has 1 aliphatic rings. The molecule has 2 aromatic rings. The lowest BCUT2D eigenvalue weighted by atomic mass is 9.92. The van der Waals surface area contributed by atoms with Crippen molar-refractivity contribution in [3.63, 3.8) is 0 Å². The van der Waals surface area contributed by atoms with E-state index in [4.69, 9.17) is 4.74 Å². The fourth-order valence-corrected chi connectivity index (χ4v) is 4.01. The third kappa shape index (κ3) is 3.97. The van der Waals surface area contributed by atoms with Crippen molar-refractivity contribution in [2.75, 3.05) is 13.7 Å². The fraction of sp³-hybridized carbons (Fsp3) is 0.360. The van der Waals surface area contributed by atoms with Crippen LogP contribution in [0, 0.1) is 13.8 Å². The minimum absolute atomic E-state index is 0.120. The number of aliphatic hydroxyl groups excluding tert-OH is 1. The van der Waals surface area contributed by atoms with Gasteiger partial charge in [0.05, 0.1) is 24.3 Å². The molecule has 1 fully saturated rings. The number of Topliss-reactive ketones (excluding diaryl/α,β-unsaturated/α-hetero) is 1. The summed E-state index contributed by atoms with van der Waals surface area (Å²) in [5, 5.41) is 11.3. The molecule has 0 aromatic heterocycles. The highest BCUT2D eigenvalue weighted by molar-refractivity contribution is 6.46. The molecule has 5 heteroatoms. The summed E-state index contributed by atoms with van der Waals surface area (Å²) >= 11 is 0. The van der Waals surface area contributed by atoms with Gasteiger partial charge in [0.1, 0.15) is 11.5 Å². The summed E-state index contributed by atoms with van der Waals surface area (Å²) in [6.07, 6.45) is 2.79. The van der Waals surface area contributed by atoms with Crippen LogP contribution in [0.2, 0.25) is 0 Å². The van der Waals surface area contributed by atoms with Crippen LogP contribution in [0.4, 0.5) is 0 Å². The van der Waals surface area contributed by atoms with Crippen LogP contribution in [0.5, 0.6) is 5.75 Å². The number of ether oxygens (including phenoxy) is 1. The number of likely N-dealkylation sites (tertiary alicyclic amines) is 1. The molecule has 1 atom stereocenters. The largest absolute Gasteiger partial charge is 0.507 e. The van der Waals surface area contributed by atoms with Gasteiger partial charge in [0, 0.05) is 6.54 Å². The second kappa shape index (κ2) is 9.16. The lowest BCUT2D eigenvalue weighted by molar-refractivity contribution is -0.139. The first-order chi connectivity index (χ1) is 14.4. The van der Waals surface area contributed by atoms with E-state index in [0.29, 0.717) is 17.9 Å². The Morgan fingerprint density at radius 3 is 2.50 bits per heavy atom. The van der Waals surface area contributed by atoms with E-state index >= 15 is 0 Å². The number of aryl methyl sites for hydroxylation is 2. The topological polar surface area (TPSA) is 66.8 Å². The van der Waals surface area contributed by atoms with Crippen molar-refractivity contribution in [1.82, 2.24) is 4.90 Å². The number of carbonyl (C=O) groups excluding carboxylic acids is 2. The Bertz CT molecular complexity index is 992. The maximum Gasteiger partial charge on any atom is 0.295 e. The molecule has 0 saturated carbocycles. The van der Waals surface area contributed by atoms with Gasteiger partial charge >= 0.3 is 0 Å². The van der Waals surface area contributed by atoms with Crippen molar-refractivity contribution in [3.05, 3.63) is 70.3 Å². The number of hydrogen-bond acceptors (Lipinski definition) is 4. The number of amides is 1. The van der Waals surface area contributed by atoms with Crippen LogP contribution in [0.15, 0.2) is 48.0 Å². The van der Waals surface area contributed by atoms with Gasteiger partial charge in [-0.3, -0.25) is 9.59 Å². The van der Waals surface area contributed by atoms with Gasteiger partial charge in [-0.2, -0.15) is 0 Å². The van der Waals surface area contributed by atoms with E-state index in [-0.39, 0.29) is 11.3 Å². The number of benzene rings is 2. The normalized spacial score (nSPS) is 18.1. The van der Waals surface area contributed by atoms with Gasteiger partial charge in [0.2, 0.25) is 0 Å². The number of nitrogens with zero attached hydrogens (tertiary/aromatic N) is 1. The number of aliphatic hydroxyl groups is 1. The van der Waals surface area contributed by atoms with Crippen molar-refractivity contribution < 1.29 is 19.4 Å². The molecular weight excluding hydrogens is 378 g/mol. The van der Waals surface area contributed by atoms with Crippen molar-refractivity contribution >= 4 is 17.4 Å². The first-order valence-corrected chi connectivity index (χ1v) is 10.4. The van der Waals surface area contributed by atoms with Crippen molar-refractivity contribution in [2.24, 2.45) is 0 Å². The minimum Gasteiger partial charge on any atom is -0.507 e. The molecule has 5 nitrogen and oxygen atoms in total. The Labute approximate surface area is 178 Å². The molecule has 1 heterocycles. The van der Waals surface area contributed by atoms with Gasteiger partial charge in [0.25, 0.3) is 11.7 Å². The lowest BCUT2D eigenvalue weighted by Gasteiger charge is -2.26. The molecule has 2 aromatic carbocycles. The molecule has 0 bridgehead atoms. The zero-order valence-corrected chi connectivity index (χ0v) is 18.1. The molecule has 1 amide bonds. The van der Waals surface area contributed by atoms with Crippen LogP contribution >= 0.6 is 0 Å². The number of hydrogen-bond donors (Lipinski definition) is 1. The monoisotopic (exact) mass is 407 g/mol. The molecule has 158 valence electrons. The molecule has 0 spiro atoms. The Morgan fingerprint density at radius 1 is 1.10 bits per heavy atom. The molecular formula is C25H29NO4. The Morgan fingerprint density at radius 2 is 1.83 bits per heavy atom. The molecule has 30 heavy (non-hydrogen) atoms. The van der Waals surface area contributed by atoms with Crippen LogP contribution in [-0.2, 0) is 9.59 Å². The van der Waals surface area contributed by atoms with Crippen LogP contribution in [0.25, 0.3) is 5.76 Å². The van der Waals surface area contributed by atoms with Crippen LogP contribution in [-0.4, -0.2) is 35.4 Å². The summed E-state index contributed by atoms with van der Waals surface area (Å²) in [6, 6.07) is 12.5. The van der Waals surface area contributed by atoms with Gasteiger partial charge in [-0.25, -0.2) is 0 Å². The van der Waals surface area contributed by atoms with E-state index in [0.717, 1.165) is 36.0 Å². The summed E-state index contributed by atoms with van der Waals surface area (Å²) in [5.74, 6) is -0.952. The highest BCUT2D eigenvalue weighted by atomic mass is 16.5. The molecule has 1 unspecified atom stereocenters. The number of rotatable bonds is 7. The first kappa shape index (κ1) is 21.6. The Kier molecular flexibility index (Phi) is 6.60.